The number of fused-ring (bicyclic) bond motifs is 3. The maximum Gasteiger partial charge on any atom is 0.337 e. The lowest BCUT2D eigenvalue weighted by Crippen LogP contribution is -2.17. The molecule has 3 aromatic rings. The van der Waals surface area contributed by atoms with Crippen molar-refractivity contribution >= 4 is 39.3 Å². The van der Waals surface area contributed by atoms with E-state index in [1.165, 1.54) is 7.11 Å². The van der Waals surface area contributed by atoms with Gasteiger partial charge in [-0.3, -0.25) is 0 Å². The van der Waals surface area contributed by atoms with Crippen molar-refractivity contribution in [3.63, 3.8) is 0 Å². The molecular weight excluding hydrogens is 468 g/mol. The van der Waals surface area contributed by atoms with Gasteiger partial charge in [-0.1, -0.05) is 46.7 Å². The van der Waals surface area contributed by atoms with E-state index in [2.05, 4.69) is 43.4 Å². The van der Waals surface area contributed by atoms with E-state index in [0.29, 0.717) is 22.3 Å². The average Bonchev–Trinajstić information content (AvgIpc) is 2.93. The molecule has 0 aliphatic carbocycles. The van der Waals surface area contributed by atoms with Gasteiger partial charge in [0.05, 0.1) is 12.7 Å². The highest BCUT2D eigenvalue weighted by Gasteiger charge is 2.26. The van der Waals surface area contributed by atoms with E-state index < -0.39 is 6.23 Å². The number of carbonyl (C=O) groups is 1. The third kappa shape index (κ3) is 4.27. The van der Waals surface area contributed by atoms with Gasteiger partial charge in [-0.15, -0.1) is 10.2 Å². The monoisotopic (exact) mass is 486 g/mol. The topological polar surface area (TPSA) is 86.2 Å². The third-order valence-corrected chi connectivity index (χ3v) is 5.99. The second-order valence-electron chi connectivity index (χ2n) is 6.54. The maximum absolute atomic E-state index is 11.7. The lowest BCUT2D eigenvalue weighted by molar-refractivity contribution is 0.0600. The van der Waals surface area contributed by atoms with Gasteiger partial charge in [0.1, 0.15) is 0 Å². The van der Waals surface area contributed by atoms with Gasteiger partial charge in [0.2, 0.25) is 11.0 Å². The highest BCUT2D eigenvalue weighted by atomic mass is 79.9. The molecule has 1 N–H and O–H groups in total. The number of halogens is 1. The van der Waals surface area contributed by atoms with E-state index in [4.69, 9.17) is 9.47 Å². The summed E-state index contributed by atoms with van der Waals surface area (Å²) >= 11 is 5.06. The Labute approximate surface area is 186 Å². The van der Waals surface area contributed by atoms with Gasteiger partial charge in [0.15, 0.2) is 11.9 Å². The molecule has 0 saturated heterocycles. The Morgan fingerprint density at radius 1 is 1.23 bits per heavy atom. The molecule has 0 unspecified atom stereocenters. The number of esters is 1. The van der Waals surface area contributed by atoms with Gasteiger partial charge in [-0.05, 0) is 36.8 Å². The van der Waals surface area contributed by atoms with Crippen LogP contribution in [-0.4, -0.2) is 34.0 Å². The summed E-state index contributed by atoms with van der Waals surface area (Å²) in [4.78, 5) is 16.3. The molecule has 0 spiro atoms. The number of ether oxygens (including phenoxy) is 2. The van der Waals surface area contributed by atoms with Crippen molar-refractivity contribution in [1.29, 1.82) is 0 Å². The molecule has 2 aromatic carbocycles. The van der Waals surface area contributed by atoms with Crippen LogP contribution in [0.2, 0.25) is 0 Å². The van der Waals surface area contributed by atoms with Gasteiger partial charge in [0, 0.05) is 27.0 Å². The zero-order valence-electron chi connectivity index (χ0n) is 16.4. The van der Waals surface area contributed by atoms with Gasteiger partial charge in [-0.2, -0.15) is 4.98 Å². The maximum atomic E-state index is 11.7. The largest absolute Gasteiger partial charge is 0.465 e. The molecule has 1 aliphatic rings. The third-order valence-electron chi connectivity index (χ3n) is 4.46. The fourth-order valence-corrected chi connectivity index (χ4v) is 3.98. The van der Waals surface area contributed by atoms with Crippen LogP contribution in [0.5, 0.6) is 5.88 Å². The van der Waals surface area contributed by atoms with E-state index in [0.717, 1.165) is 33.5 Å². The Morgan fingerprint density at radius 3 is 2.77 bits per heavy atom. The zero-order chi connectivity index (χ0) is 21.1. The minimum absolute atomic E-state index is 0.383. The van der Waals surface area contributed by atoms with Gasteiger partial charge < -0.3 is 14.8 Å². The number of hydrogen-bond donors (Lipinski definition) is 1. The molecule has 1 atom stereocenters. The zero-order valence-corrected chi connectivity index (χ0v) is 18.8. The second kappa shape index (κ2) is 9.01. The van der Waals surface area contributed by atoms with Crippen molar-refractivity contribution in [2.75, 3.05) is 18.2 Å². The Balaban J connectivity index is 1.75. The van der Waals surface area contributed by atoms with Crippen molar-refractivity contribution in [1.82, 2.24) is 15.2 Å². The van der Waals surface area contributed by atoms with E-state index >= 15 is 0 Å². The Hall–Kier alpha value is -2.65. The van der Waals surface area contributed by atoms with E-state index in [-0.39, 0.29) is 5.97 Å². The van der Waals surface area contributed by atoms with E-state index in [9.17, 15) is 4.79 Å². The molecule has 0 saturated carbocycles. The summed E-state index contributed by atoms with van der Waals surface area (Å²) in [5.41, 5.74) is 3.59. The first-order chi connectivity index (χ1) is 14.6. The molecule has 0 fully saturated rings. The Kier molecular flexibility index (Phi) is 6.19. The SMILES string of the molecule is CCCSc1nnc2c(n1)O[C@@H](c1ccc(C(=O)OC)cc1)Nc1ccc(Br)cc1-2. The predicted octanol–water partition coefficient (Wildman–Crippen LogP) is 5.09. The normalized spacial score (nSPS) is 14.6. The van der Waals surface area contributed by atoms with Crippen LogP contribution in [0.4, 0.5) is 5.69 Å². The summed E-state index contributed by atoms with van der Waals surface area (Å²) in [5, 5.41) is 12.7. The average molecular weight is 487 g/mol. The number of thioether (sulfide) groups is 1. The van der Waals surface area contributed by atoms with Crippen LogP contribution in [-0.2, 0) is 4.74 Å². The molecule has 30 heavy (non-hydrogen) atoms. The summed E-state index contributed by atoms with van der Waals surface area (Å²) in [6.45, 7) is 2.10. The van der Waals surface area contributed by atoms with Crippen molar-refractivity contribution in [2.24, 2.45) is 0 Å². The highest BCUT2D eigenvalue weighted by molar-refractivity contribution is 9.10. The number of carbonyl (C=O) groups excluding carboxylic acids is 1. The molecule has 154 valence electrons. The van der Waals surface area contributed by atoms with Crippen LogP contribution in [0, 0.1) is 0 Å². The molecule has 7 nitrogen and oxygen atoms in total. The summed E-state index contributed by atoms with van der Waals surface area (Å²) in [6, 6.07) is 12.9. The van der Waals surface area contributed by atoms with Crippen LogP contribution in [0.15, 0.2) is 52.1 Å². The summed E-state index contributed by atoms with van der Waals surface area (Å²) in [7, 11) is 1.36. The lowest BCUT2D eigenvalue weighted by Gasteiger charge is -2.19. The summed E-state index contributed by atoms with van der Waals surface area (Å²) < 4.78 is 11.9. The molecule has 1 aliphatic heterocycles. The number of anilines is 1. The minimum Gasteiger partial charge on any atom is -0.465 e. The van der Waals surface area contributed by atoms with Crippen LogP contribution in [0.25, 0.3) is 11.3 Å². The molecule has 0 amide bonds. The first-order valence-electron chi connectivity index (χ1n) is 9.38. The number of aromatic nitrogens is 3. The molecular formula is C21H19BrN4O3S. The summed E-state index contributed by atoms with van der Waals surface area (Å²) in [5.74, 6) is 0.931. The van der Waals surface area contributed by atoms with E-state index in [1.54, 1.807) is 23.9 Å². The number of nitrogens with zero attached hydrogens (tertiary/aromatic N) is 3. The minimum atomic E-state index is -0.515. The molecule has 0 bridgehead atoms. The van der Waals surface area contributed by atoms with Crippen molar-refractivity contribution in [3.05, 3.63) is 58.1 Å². The van der Waals surface area contributed by atoms with Gasteiger partial charge in [-0.25, -0.2) is 4.79 Å². The van der Waals surface area contributed by atoms with Crippen LogP contribution in [0.3, 0.4) is 0 Å². The van der Waals surface area contributed by atoms with Crippen molar-refractivity contribution in [2.45, 2.75) is 24.7 Å². The number of nitrogens with one attached hydrogen (secondary N) is 1. The number of benzene rings is 2. The van der Waals surface area contributed by atoms with Gasteiger partial charge >= 0.3 is 5.97 Å². The summed E-state index contributed by atoms with van der Waals surface area (Å²) in [6.07, 6.45) is 0.497. The first-order valence-corrected chi connectivity index (χ1v) is 11.2. The standard InChI is InChI=1S/C21H19BrN4O3S/c1-3-10-30-21-24-19-17(25-26-21)15-11-14(22)8-9-16(15)23-18(29-19)12-4-6-13(7-5-12)20(27)28-2/h4-9,11,18,23H,3,10H2,1-2H3/t18-/m0/s1. The Bertz CT molecular complexity index is 1080. The quantitative estimate of drug-likeness (QED) is 0.393. The van der Waals surface area contributed by atoms with Crippen LogP contribution < -0.4 is 10.1 Å². The molecule has 4 rings (SSSR count). The number of methoxy groups -OCH3 is 1. The second-order valence-corrected chi connectivity index (χ2v) is 8.52. The fraction of sp³-hybridized carbons (Fsp3) is 0.238. The highest BCUT2D eigenvalue weighted by Crippen LogP contribution is 2.40. The van der Waals surface area contributed by atoms with Crippen molar-refractivity contribution < 1.29 is 14.3 Å². The lowest BCUT2D eigenvalue weighted by atomic mass is 10.1. The molecule has 1 aromatic heterocycles. The molecule has 2 heterocycles. The van der Waals surface area contributed by atoms with E-state index in [1.807, 2.05) is 30.3 Å². The molecule has 0 radical (unpaired) electrons. The smallest absolute Gasteiger partial charge is 0.337 e. The Morgan fingerprint density at radius 2 is 2.03 bits per heavy atom. The van der Waals surface area contributed by atoms with Gasteiger partial charge in [0.25, 0.3) is 0 Å². The predicted molar refractivity (Wildman–Crippen MR) is 119 cm³/mol. The number of rotatable bonds is 5. The fourth-order valence-electron chi connectivity index (χ4n) is 2.99. The molecule has 9 heteroatoms. The number of hydrogen-bond acceptors (Lipinski definition) is 8. The van der Waals surface area contributed by atoms with Crippen LogP contribution >= 0.6 is 27.7 Å². The van der Waals surface area contributed by atoms with Crippen molar-refractivity contribution in [3.8, 4) is 17.1 Å². The van der Waals surface area contributed by atoms with Crippen LogP contribution in [0.1, 0.15) is 35.5 Å². The first kappa shape index (κ1) is 20.6.